The lowest BCUT2D eigenvalue weighted by atomic mass is 9.43. The molecule has 2 unspecified atom stereocenters. The van der Waals surface area contributed by atoms with E-state index in [9.17, 15) is 4.79 Å². The Balaban J connectivity index is 1.68. The summed E-state index contributed by atoms with van der Waals surface area (Å²) in [6, 6.07) is 0. The van der Waals surface area contributed by atoms with E-state index in [4.69, 9.17) is 9.47 Å². The molecule has 0 saturated heterocycles. The van der Waals surface area contributed by atoms with Crippen molar-refractivity contribution in [3.05, 3.63) is 27.8 Å². The summed E-state index contributed by atoms with van der Waals surface area (Å²) in [5, 5.41) is 0. The predicted molar refractivity (Wildman–Crippen MR) is 138 cm³/mol. The number of thioether (sulfide) groups is 1. The van der Waals surface area contributed by atoms with E-state index < -0.39 is 0 Å². The Morgan fingerprint density at radius 1 is 1.00 bits per heavy atom. The molecule has 3 nitrogen and oxygen atoms in total. The number of carbonyl (C=O) groups excluding carboxylic acids is 1. The van der Waals surface area contributed by atoms with Gasteiger partial charge in [-0.25, -0.2) is 0 Å². The zero-order chi connectivity index (χ0) is 24.2. The van der Waals surface area contributed by atoms with Gasteiger partial charge in [0.05, 0.1) is 12.4 Å². The fourth-order valence-corrected chi connectivity index (χ4v) is 9.08. The van der Waals surface area contributed by atoms with Gasteiger partial charge in [0.15, 0.2) is 0 Å². The van der Waals surface area contributed by atoms with E-state index >= 15 is 0 Å². The molecule has 0 amide bonds. The molecule has 3 aliphatic rings. The van der Waals surface area contributed by atoms with Gasteiger partial charge < -0.3 is 9.47 Å². The van der Waals surface area contributed by atoms with Crippen LogP contribution in [0.5, 0.6) is 5.75 Å². The summed E-state index contributed by atoms with van der Waals surface area (Å²) >= 11 is 1.57. The normalized spacial score (nSPS) is 32.1. The van der Waals surface area contributed by atoms with Crippen LogP contribution in [0.4, 0.5) is 0 Å². The third-order valence-corrected chi connectivity index (χ3v) is 10.9. The molecule has 1 aromatic carbocycles. The third kappa shape index (κ3) is 3.97. The number of fused-ring (bicyclic) bond motifs is 5. The molecule has 33 heavy (non-hydrogen) atoms. The molecule has 0 radical (unpaired) electrons. The van der Waals surface area contributed by atoms with E-state index in [0.29, 0.717) is 29.1 Å². The Morgan fingerprint density at radius 3 is 2.42 bits per heavy atom. The van der Waals surface area contributed by atoms with Crippen molar-refractivity contribution in [3.8, 4) is 5.75 Å². The van der Waals surface area contributed by atoms with E-state index in [0.717, 1.165) is 29.4 Å². The van der Waals surface area contributed by atoms with Crippen molar-refractivity contribution in [2.24, 2.45) is 22.7 Å². The van der Waals surface area contributed by atoms with Crippen LogP contribution in [-0.4, -0.2) is 31.2 Å². The lowest BCUT2D eigenvalue weighted by molar-refractivity contribution is -0.131. The minimum absolute atomic E-state index is 0.149. The topological polar surface area (TPSA) is 35.5 Å². The van der Waals surface area contributed by atoms with Crippen LogP contribution in [-0.2, 0) is 21.4 Å². The van der Waals surface area contributed by atoms with E-state index in [1.807, 2.05) is 0 Å². The van der Waals surface area contributed by atoms with Crippen LogP contribution in [0.3, 0.4) is 0 Å². The van der Waals surface area contributed by atoms with E-state index in [-0.39, 0.29) is 11.4 Å². The second-order valence-corrected chi connectivity index (χ2v) is 13.3. The van der Waals surface area contributed by atoms with Crippen molar-refractivity contribution in [3.63, 3.8) is 0 Å². The highest BCUT2D eigenvalue weighted by Gasteiger charge is 2.61. The van der Waals surface area contributed by atoms with Crippen LogP contribution in [0.15, 0.2) is 0 Å². The highest BCUT2D eigenvalue weighted by Crippen LogP contribution is 2.68. The predicted octanol–water partition coefficient (Wildman–Crippen LogP) is 6.95. The number of methoxy groups -OCH3 is 1. The van der Waals surface area contributed by atoms with Gasteiger partial charge in [-0.15, -0.1) is 11.8 Å². The summed E-state index contributed by atoms with van der Waals surface area (Å²) in [6.07, 6.45) is 7.82. The summed E-state index contributed by atoms with van der Waals surface area (Å²) in [5.74, 6) is 3.32. The van der Waals surface area contributed by atoms with Crippen LogP contribution < -0.4 is 4.74 Å². The first kappa shape index (κ1) is 25.1. The Kier molecular flexibility index (Phi) is 6.77. The molecule has 4 rings (SSSR count). The minimum atomic E-state index is -0.149. The SMILES string of the molecule is COCCSCC(=O)Oc1c(C)c(C)c2c(c1C)C[C@H]1C2(C)CCC2C(C)(C)CCC[C@@]21C. The van der Waals surface area contributed by atoms with Crippen LogP contribution in [0, 0.1) is 43.4 Å². The van der Waals surface area contributed by atoms with Crippen LogP contribution in [0.25, 0.3) is 0 Å². The fourth-order valence-electron chi connectivity index (χ4n) is 8.42. The van der Waals surface area contributed by atoms with Crippen molar-refractivity contribution >= 4 is 17.7 Å². The van der Waals surface area contributed by atoms with Crippen LogP contribution >= 0.6 is 11.8 Å². The first-order valence-corrected chi connectivity index (χ1v) is 14.0. The summed E-state index contributed by atoms with van der Waals surface area (Å²) in [7, 11) is 1.69. The molecule has 4 heteroatoms. The number of hydrogen-bond acceptors (Lipinski definition) is 4. The van der Waals surface area contributed by atoms with Crippen molar-refractivity contribution in [2.75, 3.05) is 25.2 Å². The molecular formula is C29H44O3S. The molecular weight excluding hydrogens is 428 g/mol. The molecule has 1 aromatic rings. The summed E-state index contributed by atoms with van der Waals surface area (Å²) in [4.78, 5) is 12.6. The van der Waals surface area contributed by atoms with Crippen molar-refractivity contribution < 1.29 is 14.3 Å². The molecule has 0 N–H and O–H groups in total. The third-order valence-electron chi connectivity index (χ3n) is 10.0. The number of carbonyl (C=O) groups is 1. The molecule has 3 aliphatic carbocycles. The number of ether oxygens (including phenoxy) is 2. The largest absolute Gasteiger partial charge is 0.425 e. The maximum Gasteiger partial charge on any atom is 0.321 e. The number of rotatable bonds is 6. The number of benzene rings is 1. The number of hydrogen-bond donors (Lipinski definition) is 0. The molecule has 184 valence electrons. The quantitative estimate of drug-likeness (QED) is 0.255. The van der Waals surface area contributed by atoms with Crippen molar-refractivity contribution in [2.45, 2.75) is 92.4 Å². The summed E-state index contributed by atoms with van der Waals surface area (Å²) in [5.41, 5.74) is 7.82. The van der Waals surface area contributed by atoms with Gasteiger partial charge in [0.2, 0.25) is 0 Å². The maximum atomic E-state index is 12.6. The molecule has 0 heterocycles. The Labute approximate surface area is 205 Å². The summed E-state index contributed by atoms with van der Waals surface area (Å²) < 4.78 is 11.1. The molecule has 0 aliphatic heterocycles. The van der Waals surface area contributed by atoms with Crippen molar-refractivity contribution in [1.29, 1.82) is 0 Å². The smallest absolute Gasteiger partial charge is 0.321 e. The second kappa shape index (κ2) is 8.90. The van der Waals surface area contributed by atoms with Gasteiger partial charge in [0, 0.05) is 12.9 Å². The van der Waals surface area contributed by atoms with Crippen LogP contribution in [0.1, 0.15) is 87.6 Å². The maximum absolute atomic E-state index is 12.6. The van der Waals surface area contributed by atoms with Crippen LogP contribution in [0.2, 0.25) is 0 Å². The molecule has 0 spiro atoms. The zero-order valence-corrected chi connectivity index (χ0v) is 23.0. The van der Waals surface area contributed by atoms with Gasteiger partial charge in [0.25, 0.3) is 0 Å². The van der Waals surface area contributed by atoms with Gasteiger partial charge in [-0.1, -0.05) is 34.1 Å². The van der Waals surface area contributed by atoms with Gasteiger partial charge in [-0.05, 0) is 109 Å². The average Bonchev–Trinajstić information content (AvgIpc) is 3.07. The van der Waals surface area contributed by atoms with Gasteiger partial charge in [0.1, 0.15) is 5.75 Å². The van der Waals surface area contributed by atoms with Gasteiger partial charge >= 0.3 is 5.97 Å². The monoisotopic (exact) mass is 472 g/mol. The molecule has 0 bridgehead atoms. The molecule has 0 aromatic heterocycles. The molecule has 2 fully saturated rings. The second-order valence-electron chi connectivity index (χ2n) is 12.2. The Hall–Kier alpha value is -1.00. The standard InChI is InChI=1S/C29H44O3S/c1-18-19(2)26(32-24(30)17-33-15-14-31-8)20(3)21-16-23-28(6)12-9-11-27(4,5)22(28)10-13-29(23,7)25(18)21/h22-23H,9-17H2,1-8H3/t22?,23-,28+,29?/m1/s1. The summed E-state index contributed by atoms with van der Waals surface area (Å²) in [6.45, 7) is 17.5. The Morgan fingerprint density at radius 2 is 1.73 bits per heavy atom. The Bertz CT molecular complexity index is 936. The molecule has 4 atom stereocenters. The fraction of sp³-hybridized carbons (Fsp3) is 0.759. The first-order valence-electron chi connectivity index (χ1n) is 12.9. The van der Waals surface area contributed by atoms with E-state index in [1.54, 1.807) is 24.4 Å². The first-order chi connectivity index (χ1) is 15.5. The highest BCUT2D eigenvalue weighted by molar-refractivity contribution is 7.99. The van der Waals surface area contributed by atoms with E-state index in [2.05, 4.69) is 48.5 Å². The zero-order valence-electron chi connectivity index (χ0n) is 22.2. The lowest BCUT2D eigenvalue weighted by Crippen LogP contribution is -2.55. The lowest BCUT2D eigenvalue weighted by Gasteiger charge is -2.61. The van der Waals surface area contributed by atoms with E-state index in [1.165, 1.54) is 48.8 Å². The highest BCUT2D eigenvalue weighted by atomic mass is 32.2. The minimum Gasteiger partial charge on any atom is -0.425 e. The van der Waals surface area contributed by atoms with Gasteiger partial charge in [-0.2, -0.15) is 0 Å². The van der Waals surface area contributed by atoms with Crippen molar-refractivity contribution in [1.82, 2.24) is 0 Å². The average molecular weight is 473 g/mol. The number of esters is 1. The molecule has 2 saturated carbocycles. The van der Waals surface area contributed by atoms with Gasteiger partial charge in [-0.3, -0.25) is 4.79 Å².